The van der Waals surface area contributed by atoms with Gasteiger partial charge in [0.1, 0.15) is 4.90 Å². The maximum absolute atomic E-state index is 13.1. The number of aliphatic hydroxyl groups is 1. The molecule has 0 atom stereocenters. The van der Waals surface area contributed by atoms with Gasteiger partial charge in [0, 0.05) is 30.7 Å². The van der Waals surface area contributed by atoms with Crippen molar-refractivity contribution in [2.75, 3.05) is 7.05 Å². The van der Waals surface area contributed by atoms with Crippen LogP contribution < -0.4 is 5.32 Å². The Morgan fingerprint density at radius 3 is 2.68 bits per heavy atom. The van der Waals surface area contributed by atoms with Crippen LogP contribution in [0.4, 0.5) is 0 Å². The van der Waals surface area contributed by atoms with Gasteiger partial charge in [0.15, 0.2) is 0 Å². The minimum atomic E-state index is -3.80. The zero-order valence-electron chi connectivity index (χ0n) is 13.8. The molecule has 0 saturated heterocycles. The van der Waals surface area contributed by atoms with E-state index in [1.165, 1.54) is 22.4 Å². The van der Waals surface area contributed by atoms with Crippen molar-refractivity contribution in [3.63, 3.8) is 0 Å². The number of aliphatic hydroxyl groups excluding tert-OH is 1. The molecule has 0 saturated carbocycles. The Labute approximate surface area is 146 Å². The van der Waals surface area contributed by atoms with Crippen molar-refractivity contribution in [1.29, 1.82) is 0 Å². The van der Waals surface area contributed by atoms with E-state index in [1.807, 2.05) is 18.2 Å². The molecule has 0 fully saturated rings. The lowest BCUT2D eigenvalue weighted by Gasteiger charge is -2.12. The Morgan fingerprint density at radius 2 is 2.00 bits per heavy atom. The predicted molar refractivity (Wildman–Crippen MR) is 95.4 cm³/mol. The second kappa shape index (κ2) is 7.18. The molecular weight excluding hydrogens is 338 g/mol. The van der Waals surface area contributed by atoms with Gasteiger partial charge in [-0.15, -0.1) is 0 Å². The SMILES string of the molecule is CNCc1cc(-c2ccccc2CO)n(S(=O)(=O)c2cccnc2)c1. The second-order valence-corrected chi connectivity index (χ2v) is 7.38. The van der Waals surface area contributed by atoms with Gasteiger partial charge in [-0.05, 0) is 36.4 Å². The first kappa shape index (κ1) is 17.3. The Hall–Kier alpha value is -2.48. The van der Waals surface area contributed by atoms with Crippen LogP contribution in [0.25, 0.3) is 11.3 Å². The molecule has 0 spiro atoms. The van der Waals surface area contributed by atoms with Crippen molar-refractivity contribution in [2.24, 2.45) is 0 Å². The van der Waals surface area contributed by atoms with E-state index >= 15 is 0 Å². The van der Waals surface area contributed by atoms with Crippen molar-refractivity contribution in [2.45, 2.75) is 18.0 Å². The third kappa shape index (κ3) is 3.34. The van der Waals surface area contributed by atoms with Crippen molar-refractivity contribution in [1.82, 2.24) is 14.3 Å². The number of benzene rings is 1. The summed E-state index contributed by atoms with van der Waals surface area (Å²) in [6.45, 7) is 0.361. The lowest BCUT2D eigenvalue weighted by molar-refractivity contribution is 0.282. The molecule has 2 aromatic heterocycles. The zero-order valence-corrected chi connectivity index (χ0v) is 14.6. The summed E-state index contributed by atoms with van der Waals surface area (Å²) in [7, 11) is -2.00. The normalized spacial score (nSPS) is 11.6. The fraction of sp³-hybridized carbons (Fsp3) is 0.167. The molecule has 0 unspecified atom stereocenters. The predicted octanol–water partition coefficient (Wildman–Crippen LogP) is 2.00. The summed E-state index contributed by atoms with van der Waals surface area (Å²) < 4.78 is 27.4. The van der Waals surface area contributed by atoms with Crippen LogP contribution in [-0.2, 0) is 23.2 Å². The van der Waals surface area contributed by atoms with Gasteiger partial charge in [0.2, 0.25) is 0 Å². The number of aromatic nitrogens is 2. The Kier molecular flexibility index (Phi) is 4.98. The number of hydrogen-bond acceptors (Lipinski definition) is 5. The van der Waals surface area contributed by atoms with Gasteiger partial charge < -0.3 is 10.4 Å². The lowest BCUT2D eigenvalue weighted by Crippen LogP contribution is -2.14. The summed E-state index contributed by atoms with van der Waals surface area (Å²) in [5, 5.41) is 12.6. The molecule has 25 heavy (non-hydrogen) atoms. The van der Waals surface area contributed by atoms with E-state index in [9.17, 15) is 13.5 Å². The van der Waals surface area contributed by atoms with Crippen LogP contribution in [0.1, 0.15) is 11.1 Å². The van der Waals surface area contributed by atoms with Gasteiger partial charge in [-0.3, -0.25) is 4.98 Å². The third-order valence-electron chi connectivity index (χ3n) is 3.88. The maximum atomic E-state index is 13.1. The molecule has 7 heteroatoms. The highest BCUT2D eigenvalue weighted by molar-refractivity contribution is 7.90. The number of pyridine rings is 1. The molecule has 2 heterocycles. The maximum Gasteiger partial charge on any atom is 0.269 e. The van der Waals surface area contributed by atoms with Crippen LogP contribution in [0.3, 0.4) is 0 Å². The van der Waals surface area contributed by atoms with E-state index in [2.05, 4.69) is 10.3 Å². The topological polar surface area (TPSA) is 84.2 Å². The molecule has 0 aliphatic rings. The monoisotopic (exact) mass is 357 g/mol. The van der Waals surface area contributed by atoms with E-state index in [-0.39, 0.29) is 11.5 Å². The summed E-state index contributed by atoms with van der Waals surface area (Å²) in [5.41, 5.74) is 2.69. The summed E-state index contributed by atoms with van der Waals surface area (Å²) in [6, 6.07) is 12.1. The van der Waals surface area contributed by atoms with Crippen LogP contribution in [0.5, 0.6) is 0 Å². The van der Waals surface area contributed by atoms with Gasteiger partial charge in [-0.2, -0.15) is 0 Å². The summed E-state index contributed by atoms with van der Waals surface area (Å²) >= 11 is 0. The fourth-order valence-corrected chi connectivity index (χ4v) is 4.07. The molecule has 6 nitrogen and oxygen atoms in total. The molecular formula is C18H19N3O3S. The number of rotatable bonds is 6. The average Bonchev–Trinajstić information content (AvgIpc) is 3.07. The zero-order chi connectivity index (χ0) is 17.9. The van der Waals surface area contributed by atoms with Gasteiger partial charge in [0.05, 0.1) is 12.3 Å². The van der Waals surface area contributed by atoms with Gasteiger partial charge in [0.25, 0.3) is 10.0 Å². The van der Waals surface area contributed by atoms with Crippen LogP contribution in [0.2, 0.25) is 0 Å². The number of hydrogen-bond donors (Lipinski definition) is 2. The first-order chi connectivity index (χ1) is 12.1. The van der Waals surface area contributed by atoms with Crippen molar-refractivity contribution < 1.29 is 13.5 Å². The Bertz CT molecular complexity index is 966. The van der Waals surface area contributed by atoms with Crippen LogP contribution in [0, 0.1) is 0 Å². The molecule has 0 radical (unpaired) electrons. The highest BCUT2D eigenvalue weighted by Gasteiger charge is 2.22. The van der Waals surface area contributed by atoms with Crippen molar-refractivity contribution in [3.8, 4) is 11.3 Å². The smallest absolute Gasteiger partial charge is 0.269 e. The molecule has 0 aliphatic heterocycles. The van der Waals surface area contributed by atoms with Gasteiger partial charge in [-0.25, -0.2) is 12.4 Å². The first-order valence-corrected chi connectivity index (χ1v) is 9.22. The third-order valence-corrected chi connectivity index (χ3v) is 5.54. The Morgan fingerprint density at radius 1 is 1.20 bits per heavy atom. The summed E-state index contributed by atoms with van der Waals surface area (Å²) in [5.74, 6) is 0. The van der Waals surface area contributed by atoms with Gasteiger partial charge in [-0.1, -0.05) is 24.3 Å². The summed E-state index contributed by atoms with van der Waals surface area (Å²) in [4.78, 5) is 4.03. The van der Waals surface area contributed by atoms with Crippen molar-refractivity contribution >= 4 is 10.0 Å². The molecule has 0 aliphatic carbocycles. The molecule has 1 aromatic carbocycles. The lowest BCUT2D eigenvalue weighted by atomic mass is 10.1. The Balaban J connectivity index is 2.23. The highest BCUT2D eigenvalue weighted by Crippen LogP contribution is 2.29. The summed E-state index contributed by atoms with van der Waals surface area (Å²) in [6.07, 6.45) is 4.46. The van der Waals surface area contributed by atoms with Crippen LogP contribution >= 0.6 is 0 Å². The minimum Gasteiger partial charge on any atom is -0.392 e. The van der Waals surface area contributed by atoms with E-state index in [4.69, 9.17) is 0 Å². The van der Waals surface area contributed by atoms with Crippen LogP contribution in [-0.4, -0.2) is 29.5 Å². The van der Waals surface area contributed by atoms with Crippen LogP contribution in [0.15, 0.2) is 66.0 Å². The fourth-order valence-electron chi connectivity index (χ4n) is 2.71. The molecule has 130 valence electrons. The van der Waals surface area contributed by atoms with E-state index in [0.29, 0.717) is 23.4 Å². The largest absolute Gasteiger partial charge is 0.392 e. The molecule has 3 rings (SSSR count). The minimum absolute atomic E-state index is 0.115. The quantitative estimate of drug-likeness (QED) is 0.705. The van der Waals surface area contributed by atoms with E-state index in [0.717, 1.165) is 5.56 Å². The van der Waals surface area contributed by atoms with E-state index < -0.39 is 10.0 Å². The van der Waals surface area contributed by atoms with Crippen molar-refractivity contribution in [3.05, 3.63) is 72.2 Å². The number of nitrogens with zero attached hydrogens (tertiary/aromatic N) is 2. The molecule has 2 N–H and O–H groups in total. The number of nitrogens with one attached hydrogen (secondary N) is 1. The molecule has 0 amide bonds. The first-order valence-electron chi connectivity index (χ1n) is 7.78. The van der Waals surface area contributed by atoms with E-state index in [1.54, 1.807) is 31.4 Å². The van der Waals surface area contributed by atoms with Gasteiger partial charge >= 0.3 is 0 Å². The second-order valence-electron chi connectivity index (χ2n) is 5.57. The molecule has 0 bridgehead atoms. The standard InChI is InChI=1S/C18H19N3O3S/c1-19-10-14-9-18(17-7-3-2-5-15(17)13-22)21(12-14)25(23,24)16-6-4-8-20-11-16/h2-9,11-12,19,22H,10,13H2,1H3. The molecule has 3 aromatic rings. The average molecular weight is 357 g/mol. The highest BCUT2D eigenvalue weighted by atomic mass is 32.2.